The fraction of sp³-hybridized carbons (Fsp3) is 0.368. The van der Waals surface area contributed by atoms with E-state index in [1.807, 2.05) is 0 Å². The third kappa shape index (κ3) is 8.36. The summed E-state index contributed by atoms with van der Waals surface area (Å²) in [5.74, 6) is 0. The molecule has 0 amide bonds. The molecule has 0 nitrogen and oxygen atoms in total. The van der Waals surface area contributed by atoms with E-state index in [0.717, 1.165) is 0 Å². The summed E-state index contributed by atoms with van der Waals surface area (Å²) in [4.78, 5) is 0. The largest absolute Gasteiger partial charge is 0.357 e. The van der Waals surface area contributed by atoms with Crippen LogP contribution in [0.3, 0.4) is 0 Å². The van der Waals surface area contributed by atoms with Crippen molar-refractivity contribution in [2.75, 3.05) is 0 Å². The Hall–Kier alpha value is -0.830. The molecule has 0 spiro atoms. The Bertz CT molecular complexity index is 381. The zero-order chi connectivity index (χ0) is 14.5. The van der Waals surface area contributed by atoms with Crippen molar-refractivity contribution in [1.82, 2.24) is 0 Å². The van der Waals surface area contributed by atoms with E-state index in [0.29, 0.717) is 0 Å². The van der Waals surface area contributed by atoms with Gasteiger partial charge in [0.25, 0.3) is 0 Å². The predicted octanol–water partition coefficient (Wildman–Crippen LogP) is 2.79. The molecule has 2 rings (SSSR count). The first-order valence-electron chi connectivity index (χ1n) is 7.61. The van der Waals surface area contributed by atoms with Crippen molar-refractivity contribution in [2.45, 2.75) is 46.0 Å². The van der Waals surface area contributed by atoms with Crippen LogP contribution in [0.25, 0.3) is 0 Å². The molecule has 0 bridgehead atoms. The van der Waals surface area contributed by atoms with E-state index in [-0.39, 0.29) is 21.2 Å². The number of halogens is 1. The third-order valence-electron chi connectivity index (χ3n) is 2.89. The molecule has 0 saturated heterocycles. The van der Waals surface area contributed by atoms with Crippen LogP contribution in [0.1, 0.15) is 46.0 Å². The normalized spacial score (nSPS) is 9.70. The lowest BCUT2D eigenvalue weighted by atomic mass is 10.2. The third-order valence-corrected chi connectivity index (χ3v) is 5.58. The molecule has 0 saturated carbocycles. The number of hydrogen-bond donors (Lipinski definition) is 0. The zero-order valence-electron chi connectivity index (χ0n) is 12.7. The SMILES string of the molecule is CCCCCCC.c1ccc([I+]c2ccccc2)cc1. The van der Waals surface area contributed by atoms with Gasteiger partial charge in [-0.3, -0.25) is 0 Å². The summed E-state index contributed by atoms with van der Waals surface area (Å²) < 4.78 is 2.96. The molecule has 108 valence electrons. The molecule has 0 aliphatic heterocycles. The minimum absolute atomic E-state index is 0.0287. The van der Waals surface area contributed by atoms with Crippen LogP contribution in [0.4, 0.5) is 0 Å². The number of benzene rings is 2. The molecule has 0 aliphatic carbocycles. The van der Waals surface area contributed by atoms with Gasteiger partial charge in [-0.2, -0.15) is 0 Å². The first kappa shape index (κ1) is 17.2. The predicted molar refractivity (Wildman–Crippen MR) is 84.7 cm³/mol. The van der Waals surface area contributed by atoms with Crippen LogP contribution < -0.4 is 21.2 Å². The molecule has 20 heavy (non-hydrogen) atoms. The second-order valence-corrected chi connectivity index (χ2v) is 7.78. The maximum absolute atomic E-state index is 2.25. The molecule has 1 heteroatoms. The highest BCUT2D eigenvalue weighted by molar-refractivity contribution is 5.02. The van der Waals surface area contributed by atoms with Gasteiger partial charge in [-0.1, -0.05) is 82.3 Å². The Morgan fingerprint density at radius 1 is 0.600 bits per heavy atom. The monoisotopic (exact) mass is 381 g/mol. The van der Waals surface area contributed by atoms with Crippen molar-refractivity contribution in [3.8, 4) is 0 Å². The number of hydrogen-bond acceptors (Lipinski definition) is 0. The van der Waals surface area contributed by atoms with Gasteiger partial charge in [-0.25, -0.2) is 0 Å². The Labute approximate surface area is 134 Å². The van der Waals surface area contributed by atoms with Crippen LogP contribution in [-0.4, -0.2) is 0 Å². The van der Waals surface area contributed by atoms with E-state index in [1.54, 1.807) is 0 Å². The van der Waals surface area contributed by atoms with E-state index >= 15 is 0 Å². The van der Waals surface area contributed by atoms with E-state index in [4.69, 9.17) is 0 Å². The standard InChI is InChI=1S/C12H10I.C7H16/c1-3-7-11(8-4-1)13-12-9-5-2-6-10-12;1-3-5-7-6-4-2/h1-10H;3-7H2,1-2H3/q+1;. The molecular weight excluding hydrogens is 355 g/mol. The van der Waals surface area contributed by atoms with Crippen molar-refractivity contribution < 1.29 is 21.2 Å². The lowest BCUT2D eigenvalue weighted by molar-refractivity contribution is -0.597. The van der Waals surface area contributed by atoms with Gasteiger partial charge in [0.05, 0.1) is 0 Å². The van der Waals surface area contributed by atoms with Crippen LogP contribution in [0.15, 0.2) is 60.7 Å². The molecular formula is C19H26I+. The molecule has 0 fully saturated rings. The molecule has 0 heterocycles. The summed E-state index contributed by atoms with van der Waals surface area (Å²) in [6.07, 6.45) is 7.01. The van der Waals surface area contributed by atoms with Crippen LogP contribution >= 0.6 is 0 Å². The maximum atomic E-state index is 2.25. The van der Waals surface area contributed by atoms with Gasteiger partial charge in [0.2, 0.25) is 0 Å². The average molecular weight is 381 g/mol. The van der Waals surface area contributed by atoms with Crippen molar-refractivity contribution in [1.29, 1.82) is 0 Å². The molecule has 2 aromatic carbocycles. The van der Waals surface area contributed by atoms with Gasteiger partial charge >= 0.3 is 21.2 Å². The number of rotatable bonds is 6. The summed E-state index contributed by atoms with van der Waals surface area (Å²) in [5.41, 5.74) is 0. The molecule has 0 radical (unpaired) electrons. The summed E-state index contributed by atoms with van der Waals surface area (Å²) in [7, 11) is 0. The zero-order valence-corrected chi connectivity index (χ0v) is 14.8. The van der Waals surface area contributed by atoms with Crippen molar-refractivity contribution in [2.24, 2.45) is 0 Å². The lowest BCUT2D eigenvalue weighted by Gasteiger charge is -1.90. The first-order chi connectivity index (χ1) is 9.86. The van der Waals surface area contributed by atoms with E-state index in [9.17, 15) is 0 Å². The summed E-state index contributed by atoms with van der Waals surface area (Å²) in [5, 5.41) is 0. The highest BCUT2D eigenvalue weighted by Gasteiger charge is 2.12. The second kappa shape index (κ2) is 12.0. The Morgan fingerprint density at radius 3 is 1.35 bits per heavy atom. The van der Waals surface area contributed by atoms with Crippen LogP contribution in [0.5, 0.6) is 0 Å². The van der Waals surface area contributed by atoms with E-state index in [1.165, 1.54) is 39.2 Å². The molecule has 0 N–H and O–H groups in total. The van der Waals surface area contributed by atoms with Crippen LogP contribution in [-0.2, 0) is 0 Å². The van der Waals surface area contributed by atoms with Crippen molar-refractivity contribution >= 4 is 0 Å². The molecule has 0 aliphatic rings. The fourth-order valence-corrected chi connectivity index (χ4v) is 4.03. The summed E-state index contributed by atoms with van der Waals surface area (Å²) >= 11 is 0.0287. The Balaban J connectivity index is 0.000000246. The summed E-state index contributed by atoms with van der Waals surface area (Å²) in [6, 6.07) is 21.4. The van der Waals surface area contributed by atoms with Gasteiger partial charge in [0.15, 0.2) is 7.14 Å². The smallest absolute Gasteiger partial charge is 0.0654 e. The van der Waals surface area contributed by atoms with Crippen molar-refractivity contribution in [3.05, 3.63) is 67.8 Å². The average Bonchev–Trinajstić information content (AvgIpc) is 2.51. The Morgan fingerprint density at radius 2 is 1.00 bits per heavy atom. The van der Waals surface area contributed by atoms with Gasteiger partial charge in [0.1, 0.15) is 0 Å². The molecule has 0 unspecified atom stereocenters. The van der Waals surface area contributed by atoms with E-state index in [2.05, 4.69) is 74.5 Å². The van der Waals surface area contributed by atoms with Gasteiger partial charge < -0.3 is 0 Å². The molecule has 0 atom stereocenters. The highest BCUT2D eigenvalue weighted by atomic mass is 127. The van der Waals surface area contributed by atoms with E-state index < -0.39 is 0 Å². The Kier molecular flexibility index (Phi) is 10.3. The van der Waals surface area contributed by atoms with Gasteiger partial charge in [0, 0.05) is 0 Å². The maximum Gasteiger partial charge on any atom is 0.357 e. The highest BCUT2D eigenvalue weighted by Crippen LogP contribution is 2.00. The first-order valence-corrected chi connectivity index (χ1v) is 9.77. The number of unbranched alkanes of at least 4 members (excludes halogenated alkanes) is 4. The molecule has 2 aromatic rings. The minimum Gasteiger partial charge on any atom is -0.0654 e. The van der Waals surface area contributed by atoms with Gasteiger partial charge in [-0.15, -0.1) is 0 Å². The minimum atomic E-state index is 0.0287. The van der Waals surface area contributed by atoms with Crippen LogP contribution in [0, 0.1) is 7.14 Å². The quantitative estimate of drug-likeness (QED) is 0.533. The summed E-state index contributed by atoms with van der Waals surface area (Å²) in [6.45, 7) is 4.49. The topological polar surface area (TPSA) is 0 Å². The van der Waals surface area contributed by atoms with Crippen molar-refractivity contribution in [3.63, 3.8) is 0 Å². The second-order valence-electron chi connectivity index (χ2n) is 4.75. The van der Waals surface area contributed by atoms with Crippen LogP contribution in [0.2, 0.25) is 0 Å². The lowest BCUT2D eigenvalue weighted by Crippen LogP contribution is -3.61. The fourth-order valence-electron chi connectivity index (χ4n) is 1.76. The molecule has 0 aromatic heterocycles. The van der Waals surface area contributed by atoms with Gasteiger partial charge in [-0.05, 0) is 24.3 Å².